The van der Waals surface area contributed by atoms with Crippen LogP contribution in [-0.4, -0.2) is 42.1 Å². The molecule has 27 heavy (non-hydrogen) atoms. The topological polar surface area (TPSA) is 83.2 Å². The quantitative estimate of drug-likeness (QED) is 0.560. The van der Waals surface area contributed by atoms with Crippen molar-refractivity contribution in [1.29, 1.82) is 0 Å². The summed E-state index contributed by atoms with van der Waals surface area (Å²) in [6.45, 7) is 8.73. The largest absolute Gasteiger partial charge is 0.379 e. The van der Waals surface area contributed by atoms with E-state index in [-0.39, 0.29) is 23.8 Å². The first-order valence-corrected chi connectivity index (χ1v) is 9.63. The number of benzene rings is 1. The highest BCUT2D eigenvalue weighted by Crippen LogP contribution is 2.19. The molecule has 6 nitrogen and oxygen atoms in total. The molecule has 0 saturated carbocycles. The molecule has 1 unspecified atom stereocenters. The Morgan fingerprint density at radius 1 is 1.11 bits per heavy atom. The highest BCUT2D eigenvalue weighted by Gasteiger charge is 2.23. The Labute approximate surface area is 161 Å². The number of amides is 2. The Balaban J connectivity index is 2.02. The van der Waals surface area contributed by atoms with Gasteiger partial charge < -0.3 is 20.4 Å². The summed E-state index contributed by atoms with van der Waals surface area (Å²) < 4.78 is 5.49. The lowest BCUT2D eigenvalue weighted by Crippen LogP contribution is -2.49. The zero-order chi connectivity index (χ0) is 19.8. The van der Waals surface area contributed by atoms with Crippen LogP contribution in [0.2, 0.25) is 0 Å². The van der Waals surface area contributed by atoms with Crippen molar-refractivity contribution < 1.29 is 14.3 Å². The van der Waals surface area contributed by atoms with Crippen LogP contribution in [0.4, 0.5) is 0 Å². The van der Waals surface area contributed by atoms with Gasteiger partial charge in [-0.15, -0.1) is 0 Å². The predicted octanol–water partition coefficient (Wildman–Crippen LogP) is 2.78. The maximum atomic E-state index is 12.7. The summed E-state index contributed by atoms with van der Waals surface area (Å²) in [5, 5.41) is 6.87. The first-order valence-electron chi connectivity index (χ1n) is 9.63. The zero-order valence-corrected chi connectivity index (χ0v) is 16.7. The smallest absolute Gasteiger partial charge is 0.242 e. The van der Waals surface area contributed by atoms with Crippen molar-refractivity contribution in [3.8, 4) is 0 Å². The average Bonchev–Trinajstić information content (AvgIpc) is 3.03. The molecule has 6 heteroatoms. The van der Waals surface area contributed by atoms with E-state index in [9.17, 15) is 9.59 Å². The van der Waals surface area contributed by atoms with Crippen molar-refractivity contribution in [1.82, 2.24) is 15.6 Å². The molecule has 0 aliphatic carbocycles. The average molecular weight is 373 g/mol. The molecular weight excluding hydrogens is 342 g/mol. The maximum absolute atomic E-state index is 12.7. The van der Waals surface area contributed by atoms with Crippen molar-refractivity contribution in [3.63, 3.8) is 0 Å². The Kier molecular flexibility index (Phi) is 7.85. The minimum absolute atomic E-state index is 0.127. The minimum atomic E-state index is -0.606. The first kappa shape index (κ1) is 21.0. The number of hydrogen-bond acceptors (Lipinski definition) is 3. The standard InChI is InChI=1S/C21H31N3O3/c1-14(2)20(25)24-19(21(26)22-10-7-11-27-15(3)4)12-16-13-23-18-9-6-5-8-17(16)18/h5-6,8-9,13-15,19,23H,7,10-12H2,1-4H3,(H,22,26)(H,24,25). The molecule has 0 saturated heterocycles. The van der Waals surface area contributed by atoms with Crippen LogP contribution in [0.5, 0.6) is 0 Å². The van der Waals surface area contributed by atoms with Crippen LogP contribution in [0, 0.1) is 5.92 Å². The summed E-state index contributed by atoms with van der Waals surface area (Å²) in [5.74, 6) is -0.473. The number of hydrogen-bond donors (Lipinski definition) is 3. The second-order valence-corrected chi connectivity index (χ2v) is 7.34. The third-order valence-corrected chi connectivity index (χ3v) is 4.33. The third-order valence-electron chi connectivity index (χ3n) is 4.33. The van der Waals surface area contributed by atoms with E-state index in [0.29, 0.717) is 19.6 Å². The Morgan fingerprint density at radius 3 is 2.56 bits per heavy atom. The van der Waals surface area contributed by atoms with Gasteiger partial charge in [0.05, 0.1) is 6.10 Å². The van der Waals surface area contributed by atoms with E-state index in [1.807, 2.05) is 58.2 Å². The number of carbonyl (C=O) groups is 2. The monoisotopic (exact) mass is 373 g/mol. The van der Waals surface area contributed by atoms with Crippen molar-refractivity contribution in [2.45, 2.75) is 52.7 Å². The normalized spacial score (nSPS) is 12.5. The van der Waals surface area contributed by atoms with Crippen LogP contribution < -0.4 is 10.6 Å². The van der Waals surface area contributed by atoms with E-state index in [2.05, 4.69) is 15.6 Å². The van der Waals surface area contributed by atoms with Gasteiger partial charge in [-0.2, -0.15) is 0 Å². The summed E-state index contributed by atoms with van der Waals surface area (Å²) in [6.07, 6.45) is 3.27. The number of ether oxygens (including phenoxy) is 1. The number of aromatic amines is 1. The maximum Gasteiger partial charge on any atom is 0.242 e. The summed E-state index contributed by atoms with van der Waals surface area (Å²) >= 11 is 0. The number of nitrogens with one attached hydrogen (secondary N) is 3. The molecule has 1 aromatic heterocycles. The van der Waals surface area contributed by atoms with Crippen molar-refractivity contribution in [3.05, 3.63) is 36.0 Å². The molecule has 0 aliphatic rings. The fraction of sp³-hybridized carbons (Fsp3) is 0.524. The molecule has 0 fully saturated rings. The summed E-state index contributed by atoms with van der Waals surface area (Å²) in [4.78, 5) is 28.1. The molecule has 2 aromatic rings. The third kappa shape index (κ3) is 6.40. The van der Waals surface area contributed by atoms with E-state index in [1.54, 1.807) is 0 Å². The molecule has 3 N–H and O–H groups in total. The van der Waals surface area contributed by atoms with Crippen LogP contribution in [0.3, 0.4) is 0 Å². The van der Waals surface area contributed by atoms with Gasteiger partial charge in [0.15, 0.2) is 0 Å². The van der Waals surface area contributed by atoms with Gasteiger partial charge in [0.25, 0.3) is 0 Å². The van der Waals surface area contributed by atoms with Gasteiger partial charge in [0, 0.05) is 42.6 Å². The fourth-order valence-electron chi connectivity index (χ4n) is 2.79. The molecule has 0 aliphatic heterocycles. The van der Waals surface area contributed by atoms with Crippen LogP contribution in [0.15, 0.2) is 30.5 Å². The van der Waals surface area contributed by atoms with Crippen LogP contribution >= 0.6 is 0 Å². The molecule has 1 atom stereocenters. The predicted molar refractivity (Wildman–Crippen MR) is 107 cm³/mol. The number of fused-ring (bicyclic) bond motifs is 1. The number of H-pyrrole nitrogens is 1. The molecule has 148 valence electrons. The molecule has 0 spiro atoms. The number of para-hydroxylation sites is 1. The van der Waals surface area contributed by atoms with Gasteiger partial charge in [-0.3, -0.25) is 9.59 Å². The van der Waals surface area contributed by atoms with Crippen molar-refractivity contribution in [2.75, 3.05) is 13.2 Å². The van der Waals surface area contributed by atoms with E-state index in [4.69, 9.17) is 4.74 Å². The summed E-state index contributed by atoms with van der Waals surface area (Å²) in [6, 6.07) is 7.34. The molecule has 2 rings (SSSR count). The Bertz CT molecular complexity index is 752. The van der Waals surface area contributed by atoms with Gasteiger partial charge in [-0.1, -0.05) is 32.0 Å². The fourth-order valence-corrected chi connectivity index (χ4v) is 2.79. The molecule has 1 aromatic carbocycles. The highest BCUT2D eigenvalue weighted by molar-refractivity contribution is 5.90. The Morgan fingerprint density at radius 2 is 1.85 bits per heavy atom. The highest BCUT2D eigenvalue weighted by atomic mass is 16.5. The lowest BCUT2D eigenvalue weighted by Gasteiger charge is -2.19. The van der Waals surface area contributed by atoms with E-state index < -0.39 is 6.04 Å². The molecule has 2 amide bonds. The van der Waals surface area contributed by atoms with Gasteiger partial charge in [-0.25, -0.2) is 0 Å². The number of aromatic nitrogens is 1. The molecular formula is C21H31N3O3. The molecule has 1 heterocycles. The SMILES string of the molecule is CC(C)OCCCNC(=O)C(Cc1c[nH]c2ccccc12)NC(=O)C(C)C. The van der Waals surface area contributed by atoms with Gasteiger partial charge in [0.2, 0.25) is 11.8 Å². The van der Waals surface area contributed by atoms with Gasteiger partial charge in [0.1, 0.15) is 6.04 Å². The molecule has 0 bridgehead atoms. The number of rotatable bonds is 10. The Hall–Kier alpha value is -2.34. The van der Waals surface area contributed by atoms with E-state index >= 15 is 0 Å². The second-order valence-electron chi connectivity index (χ2n) is 7.34. The minimum Gasteiger partial charge on any atom is -0.379 e. The van der Waals surface area contributed by atoms with Crippen LogP contribution in [0.1, 0.15) is 39.7 Å². The lowest BCUT2D eigenvalue weighted by atomic mass is 10.0. The van der Waals surface area contributed by atoms with Crippen molar-refractivity contribution >= 4 is 22.7 Å². The molecule has 0 radical (unpaired) electrons. The summed E-state index contributed by atoms with van der Waals surface area (Å²) in [7, 11) is 0. The lowest BCUT2D eigenvalue weighted by molar-refractivity contribution is -0.130. The van der Waals surface area contributed by atoms with Crippen LogP contribution in [-0.2, 0) is 20.7 Å². The first-order chi connectivity index (χ1) is 12.9. The van der Waals surface area contributed by atoms with Gasteiger partial charge >= 0.3 is 0 Å². The zero-order valence-electron chi connectivity index (χ0n) is 16.7. The van der Waals surface area contributed by atoms with E-state index in [1.165, 1.54) is 0 Å². The summed E-state index contributed by atoms with van der Waals surface area (Å²) in [5.41, 5.74) is 2.03. The number of carbonyl (C=O) groups excluding carboxylic acids is 2. The van der Waals surface area contributed by atoms with Crippen molar-refractivity contribution in [2.24, 2.45) is 5.92 Å². The second kappa shape index (κ2) is 10.1. The van der Waals surface area contributed by atoms with Crippen LogP contribution in [0.25, 0.3) is 10.9 Å². The van der Waals surface area contributed by atoms with Gasteiger partial charge in [-0.05, 0) is 31.9 Å². The van der Waals surface area contributed by atoms with E-state index in [0.717, 1.165) is 22.9 Å².